The molecule has 7 heteroatoms. The average molecular weight is 406 g/mol. The van der Waals surface area contributed by atoms with Gasteiger partial charge in [-0.2, -0.15) is 0 Å². The molecule has 4 rings (SSSR count). The van der Waals surface area contributed by atoms with E-state index in [-0.39, 0.29) is 12.4 Å². The van der Waals surface area contributed by atoms with Gasteiger partial charge in [0.2, 0.25) is 0 Å². The first-order chi connectivity index (χ1) is 14.6. The number of pyridine rings is 1. The van der Waals surface area contributed by atoms with E-state index in [1.165, 1.54) is 16.9 Å². The number of ether oxygens (including phenoxy) is 2. The maximum Gasteiger partial charge on any atom is 0.365 e. The smallest absolute Gasteiger partial charge is 0.365 e. The Morgan fingerprint density at radius 1 is 0.933 bits per heavy atom. The Hall–Kier alpha value is -3.87. The van der Waals surface area contributed by atoms with Crippen LogP contribution in [0.4, 0.5) is 4.39 Å². The molecule has 0 saturated carbocycles. The van der Waals surface area contributed by atoms with Crippen LogP contribution in [0.15, 0.2) is 76.3 Å². The van der Waals surface area contributed by atoms with Crippen LogP contribution in [0.25, 0.3) is 22.4 Å². The van der Waals surface area contributed by atoms with Gasteiger partial charge < -0.3 is 14.0 Å². The summed E-state index contributed by atoms with van der Waals surface area (Å²) in [6.07, 6.45) is 3.28. The molecule has 0 saturated heterocycles. The van der Waals surface area contributed by atoms with Crippen LogP contribution in [0, 0.1) is 5.82 Å². The van der Waals surface area contributed by atoms with Gasteiger partial charge in [0.05, 0.1) is 32.0 Å². The fraction of sp³-hybridized carbons (Fsp3) is 0.130. The molecule has 0 fully saturated rings. The molecule has 0 spiro atoms. The van der Waals surface area contributed by atoms with Crippen molar-refractivity contribution in [2.75, 3.05) is 14.2 Å². The zero-order chi connectivity index (χ0) is 21.1. The zero-order valence-corrected chi connectivity index (χ0v) is 16.5. The first-order valence-electron chi connectivity index (χ1n) is 9.21. The zero-order valence-electron chi connectivity index (χ0n) is 16.5. The summed E-state index contributed by atoms with van der Waals surface area (Å²) >= 11 is 0. The highest BCUT2D eigenvalue weighted by molar-refractivity contribution is 5.80. The van der Waals surface area contributed by atoms with Gasteiger partial charge in [0, 0.05) is 24.0 Å². The Balaban J connectivity index is 1.88. The highest BCUT2D eigenvalue weighted by Gasteiger charge is 2.21. The number of methoxy groups -OCH3 is 2. The summed E-state index contributed by atoms with van der Waals surface area (Å²) in [4.78, 5) is 16.9. The van der Waals surface area contributed by atoms with Gasteiger partial charge >= 0.3 is 5.63 Å². The molecular formula is C23H19FN2O4. The van der Waals surface area contributed by atoms with Gasteiger partial charge in [0.15, 0.2) is 0 Å². The van der Waals surface area contributed by atoms with Gasteiger partial charge in [0.25, 0.3) is 0 Å². The van der Waals surface area contributed by atoms with E-state index in [4.69, 9.17) is 14.0 Å². The summed E-state index contributed by atoms with van der Waals surface area (Å²) in [5.74, 6) is 0.877. The number of aromatic nitrogens is 2. The van der Waals surface area contributed by atoms with Crippen molar-refractivity contribution in [3.8, 4) is 33.9 Å². The van der Waals surface area contributed by atoms with Gasteiger partial charge in [-0.05, 0) is 47.5 Å². The van der Waals surface area contributed by atoms with Gasteiger partial charge in [-0.1, -0.05) is 12.1 Å². The van der Waals surface area contributed by atoms with Crippen LogP contribution in [-0.4, -0.2) is 23.9 Å². The van der Waals surface area contributed by atoms with E-state index >= 15 is 0 Å². The fourth-order valence-electron chi connectivity index (χ4n) is 3.32. The van der Waals surface area contributed by atoms with E-state index in [9.17, 15) is 9.18 Å². The van der Waals surface area contributed by atoms with Crippen LogP contribution in [0.1, 0.15) is 5.56 Å². The minimum absolute atomic E-state index is 0.266. The van der Waals surface area contributed by atoms with Gasteiger partial charge in [-0.25, -0.2) is 13.9 Å². The number of benzene rings is 2. The molecule has 4 aromatic rings. The Morgan fingerprint density at radius 3 is 2.17 bits per heavy atom. The van der Waals surface area contributed by atoms with Crippen molar-refractivity contribution in [3.63, 3.8) is 0 Å². The predicted octanol–water partition coefficient (Wildman–Crippen LogP) is 4.37. The maximum absolute atomic E-state index is 13.4. The first kappa shape index (κ1) is 19.4. The lowest BCUT2D eigenvalue weighted by atomic mass is 10.0. The molecule has 0 atom stereocenters. The van der Waals surface area contributed by atoms with Crippen molar-refractivity contribution in [2.24, 2.45) is 0 Å². The third kappa shape index (κ3) is 3.82. The molecule has 0 bridgehead atoms. The molecule has 0 amide bonds. The number of hydrogen-bond acceptors (Lipinski definition) is 5. The van der Waals surface area contributed by atoms with Crippen molar-refractivity contribution in [3.05, 3.63) is 88.8 Å². The lowest BCUT2D eigenvalue weighted by molar-refractivity contribution is 0.270. The molecule has 0 aliphatic heterocycles. The maximum atomic E-state index is 13.4. The third-order valence-electron chi connectivity index (χ3n) is 4.71. The van der Waals surface area contributed by atoms with E-state index in [2.05, 4.69) is 4.98 Å². The summed E-state index contributed by atoms with van der Waals surface area (Å²) in [7, 11) is 3.15. The van der Waals surface area contributed by atoms with E-state index in [0.717, 1.165) is 11.1 Å². The monoisotopic (exact) mass is 406 g/mol. The van der Waals surface area contributed by atoms with E-state index in [1.807, 2.05) is 12.1 Å². The number of nitrogens with zero attached hydrogens (tertiary/aromatic N) is 2. The summed E-state index contributed by atoms with van der Waals surface area (Å²) in [5, 5.41) is 0. The molecule has 0 radical (unpaired) electrons. The molecule has 30 heavy (non-hydrogen) atoms. The van der Waals surface area contributed by atoms with Crippen molar-refractivity contribution in [1.29, 1.82) is 0 Å². The van der Waals surface area contributed by atoms with Crippen molar-refractivity contribution < 1.29 is 18.4 Å². The summed E-state index contributed by atoms with van der Waals surface area (Å²) in [6, 6.07) is 14.8. The van der Waals surface area contributed by atoms with E-state index < -0.39 is 5.63 Å². The van der Waals surface area contributed by atoms with Crippen LogP contribution in [0.3, 0.4) is 0 Å². The van der Waals surface area contributed by atoms with Gasteiger partial charge in [-0.15, -0.1) is 0 Å². The first-order valence-corrected chi connectivity index (χ1v) is 9.21. The number of halogens is 1. The highest BCUT2D eigenvalue weighted by atomic mass is 19.1. The molecule has 152 valence electrons. The van der Waals surface area contributed by atoms with Crippen LogP contribution < -0.4 is 15.1 Å². The van der Waals surface area contributed by atoms with Crippen molar-refractivity contribution >= 4 is 0 Å². The SMILES string of the molecule is COc1cc(Cn2oc(=O)c(-c3ccc(F)cc3)c2-c2ccncc2)cc(OC)c1. The Labute approximate surface area is 172 Å². The molecule has 2 aromatic heterocycles. The average Bonchev–Trinajstić information content (AvgIpc) is 3.10. The molecule has 6 nitrogen and oxygen atoms in total. The Bertz CT molecular complexity index is 1190. The quantitative estimate of drug-likeness (QED) is 0.476. The topological polar surface area (TPSA) is 66.5 Å². The lowest BCUT2D eigenvalue weighted by Crippen LogP contribution is -2.02. The second kappa shape index (κ2) is 8.24. The molecule has 0 aliphatic rings. The molecule has 0 N–H and O–H groups in total. The molecular weight excluding hydrogens is 387 g/mol. The third-order valence-corrected chi connectivity index (χ3v) is 4.71. The predicted molar refractivity (Wildman–Crippen MR) is 110 cm³/mol. The van der Waals surface area contributed by atoms with Crippen LogP contribution in [0.5, 0.6) is 11.5 Å². The highest BCUT2D eigenvalue weighted by Crippen LogP contribution is 2.31. The van der Waals surface area contributed by atoms with Crippen LogP contribution in [-0.2, 0) is 6.54 Å². The summed E-state index contributed by atoms with van der Waals surface area (Å²) in [6.45, 7) is 0.266. The minimum atomic E-state index is -0.511. The summed E-state index contributed by atoms with van der Waals surface area (Å²) < 4.78 is 31.2. The van der Waals surface area contributed by atoms with Crippen LogP contribution in [0.2, 0.25) is 0 Å². The minimum Gasteiger partial charge on any atom is -0.497 e. The number of hydrogen-bond donors (Lipinski definition) is 0. The standard InChI is InChI=1S/C23H19FN2O4/c1-28-19-11-15(12-20(13-19)29-2)14-26-22(17-7-9-25-10-8-17)21(23(27)30-26)16-3-5-18(24)6-4-16/h3-13H,14H2,1-2H3. The normalized spacial score (nSPS) is 10.8. The Kier molecular flexibility index (Phi) is 5.34. The number of rotatable bonds is 6. The summed E-state index contributed by atoms with van der Waals surface area (Å²) in [5.41, 5.74) is 2.57. The molecule has 0 unspecified atom stereocenters. The van der Waals surface area contributed by atoms with Crippen LogP contribution >= 0.6 is 0 Å². The molecule has 2 heterocycles. The van der Waals surface area contributed by atoms with Gasteiger partial charge in [-0.3, -0.25) is 4.98 Å². The largest absolute Gasteiger partial charge is 0.497 e. The second-order valence-corrected chi connectivity index (χ2v) is 6.60. The molecule has 2 aromatic carbocycles. The van der Waals surface area contributed by atoms with Crippen molar-refractivity contribution in [1.82, 2.24) is 9.72 Å². The molecule has 0 aliphatic carbocycles. The fourth-order valence-corrected chi connectivity index (χ4v) is 3.32. The van der Waals surface area contributed by atoms with Crippen molar-refractivity contribution in [2.45, 2.75) is 6.54 Å². The van der Waals surface area contributed by atoms with E-state index in [0.29, 0.717) is 28.3 Å². The lowest BCUT2D eigenvalue weighted by Gasteiger charge is -2.11. The van der Waals surface area contributed by atoms with E-state index in [1.54, 1.807) is 56.9 Å². The Morgan fingerprint density at radius 2 is 1.57 bits per heavy atom. The van der Waals surface area contributed by atoms with Gasteiger partial charge in [0.1, 0.15) is 17.3 Å². The second-order valence-electron chi connectivity index (χ2n) is 6.60.